The molecule has 0 saturated heterocycles. The Kier molecular flexibility index (Phi) is 4.92. The zero-order chi connectivity index (χ0) is 16.2. The summed E-state index contributed by atoms with van der Waals surface area (Å²) in [6.07, 6.45) is -0.367. The second kappa shape index (κ2) is 6.70. The van der Waals surface area contributed by atoms with Gasteiger partial charge in [-0.2, -0.15) is 16.6 Å². The van der Waals surface area contributed by atoms with E-state index in [1.807, 2.05) is 6.07 Å². The first-order valence-electron chi connectivity index (χ1n) is 6.19. The van der Waals surface area contributed by atoms with Crippen LogP contribution in [0.1, 0.15) is 23.6 Å². The third kappa shape index (κ3) is 3.92. The molecule has 1 heterocycles. The first kappa shape index (κ1) is 16.2. The van der Waals surface area contributed by atoms with Crippen molar-refractivity contribution in [2.45, 2.75) is 17.4 Å². The highest BCUT2D eigenvalue weighted by atomic mass is 32.2. The van der Waals surface area contributed by atoms with Crippen LogP contribution in [0.2, 0.25) is 0 Å². The van der Waals surface area contributed by atoms with Crippen molar-refractivity contribution in [2.75, 3.05) is 0 Å². The predicted molar refractivity (Wildman–Crippen MR) is 80.8 cm³/mol. The smallest absolute Gasteiger partial charge is 0.305 e. The molecule has 8 heteroatoms. The molecule has 1 aromatic heterocycles. The van der Waals surface area contributed by atoms with Crippen molar-refractivity contribution < 1.29 is 18.3 Å². The van der Waals surface area contributed by atoms with E-state index in [9.17, 15) is 13.2 Å². The average Bonchev–Trinajstić information content (AvgIpc) is 3.00. The molecule has 0 amide bonds. The van der Waals surface area contributed by atoms with E-state index in [4.69, 9.17) is 10.4 Å². The molecule has 0 spiro atoms. The average molecular weight is 336 g/mol. The van der Waals surface area contributed by atoms with E-state index in [1.165, 1.54) is 35.6 Å². The quantitative estimate of drug-likeness (QED) is 0.840. The van der Waals surface area contributed by atoms with Crippen molar-refractivity contribution in [3.63, 3.8) is 0 Å². The number of carboxylic acids is 1. The maximum Gasteiger partial charge on any atom is 0.305 e. The van der Waals surface area contributed by atoms with E-state index in [-0.39, 0.29) is 16.9 Å². The van der Waals surface area contributed by atoms with Crippen LogP contribution in [0, 0.1) is 11.3 Å². The lowest BCUT2D eigenvalue weighted by molar-refractivity contribution is -0.137. The molecule has 2 N–H and O–H groups in total. The van der Waals surface area contributed by atoms with Crippen molar-refractivity contribution in [1.82, 2.24) is 4.72 Å². The highest BCUT2D eigenvalue weighted by Gasteiger charge is 2.24. The Morgan fingerprint density at radius 2 is 2.18 bits per heavy atom. The molecule has 1 aromatic carbocycles. The maximum atomic E-state index is 12.4. The Labute approximate surface area is 131 Å². The minimum absolute atomic E-state index is 0.0721. The van der Waals surface area contributed by atoms with Crippen LogP contribution in [-0.2, 0) is 14.8 Å². The number of benzene rings is 1. The minimum Gasteiger partial charge on any atom is -0.481 e. The summed E-state index contributed by atoms with van der Waals surface area (Å²) in [5, 5.41) is 21.2. The molecule has 0 bridgehead atoms. The number of carbonyl (C=O) groups is 1. The van der Waals surface area contributed by atoms with Crippen LogP contribution in [0.3, 0.4) is 0 Å². The number of hydrogen-bond donors (Lipinski definition) is 2. The van der Waals surface area contributed by atoms with Gasteiger partial charge >= 0.3 is 5.97 Å². The summed E-state index contributed by atoms with van der Waals surface area (Å²) in [6.45, 7) is 0. The van der Waals surface area contributed by atoms with Gasteiger partial charge in [0.25, 0.3) is 0 Å². The van der Waals surface area contributed by atoms with Crippen molar-refractivity contribution in [3.8, 4) is 6.07 Å². The standard InChI is InChI=1S/C14H12N2O4S2/c15-8-10-2-1-3-12(6-10)22(19,20)16-13(7-14(17)18)11-4-5-21-9-11/h1-6,9,13,16H,7H2,(H,17,18). The first-order chi connectivity index (χ1) is 10.4. The molecule has 2 aromatic rings. The van der Waals surface area contributed by atoms with Gasteiger partial charge in [0.05, 0.1) is 29.0 Å². The lowest BCUT2D eigenvalue weighted by Gasteiger charge is -2.16. The SMILES string of the molecule is N#Cc1cccc(S(=O)(=O)NC(CC(=O)O)c2ccsc2)c1. The van der Waals surface area contributed by atoms with Gasteiger partial charge in [-0.3, -0.25) is 4.79 Å². The van der Waals surface area contributed by atoms with Crippen molar-refractivity contribution in [3.05, 3.63) is 52.2 Å². The van der Waals surface area contributed by atoms with Gasteiger partial charge < -0.3 is 5.11 Å². The van der Waals surface area contributed by atoms with Crippen LogP contribution in [-0.4, -0.2) is 19.5 Å². The fourth-order valence-electron chi connectivity index (χ4n) is 1.86. The second-order valence-electron chi connectivity index (χ2n) is 4.47. The van der Waals surface area contributed by atoms with Crippen LogP contribution in [0.15, 0.2) is 46.0 Å². The van der Waals surface area contributed by atoms with Gasteiger partial charge in [-0.25, -0.2) is 13.1 Å². The summed E-state index contributed by atoms with van der Waals surface area (Å²) in [6, 6.07) is 8.23. The highest BCUT2D eigenvalue weighted by Crippen LogP contribution is 2.23. The zero-order valence-electron chi connectivity index (χ0n) is 11.3. The van der Waals surface area contributed by atoms with Crippen LogP contribution >= 0.6 is 11.3 Å². The Bertz CT molecular complexity index is 808. The van der Waals surface area contributed by atoms with E-state index in [1.54, 1.807) is 16.8 Å². The number of carboxylic acid groups (broad SMARTS) is 1. The van der Waals surface area contributed by atoms with E-state index in [2.05, 4.69) is 4.72 Å². The van der Waals surface area contributed by atoms with Gasteiger partial charge in [-0.05, 0) is 40.6 Å². The van der Waals surface area contributed by atoms with E-state index >= 15 is 0 Å². The van der Waals surface area contributed by atoms with Crippen molar-refractivity contribution >= 4 is 27.3 Å². The maximum absolute atomic E-state index is 12.4. The number of rotatable bonds is 6. The van der Waals surface area contributed by atoms with Gasteiger partial charge in [-0.1, -0.05) is 6.07 Å². The van der Waals surface area contributed by atoms with E-state index < -0.39 is 22.0 Å². The van der Waals surface area contributed by atoms with Gasteiger partial charge in [0.15, 0.2) is 0 Å². The fraction of sp³-hybridized carbons (Fsp3) is 0.143. The highest BCUT2D eigenvalue weighted by molar-refractivity contribution is 7.89. The summed E-state index contributed by atoms with van der Waals surface area (Å²) in [7, 11) is -3.92. The molecule has 0 aliphatic heterocycles. The second-order valence-corrected chi connectivity index (χ2v) is 6.96. The number of nitrogens with zero attached hydrogens (tertiary/aromatic N) is 1. The minimum atomic E-state index is -3.92. The first-order valence-corrected chi connectivity index (χ1v) is 8.61. The van der Waals surface area contributed by atoms with Gasteiger partial charge in [0, 0.05) is 0 Å². The summed E-state index contributed by atoms with van der Waals surface area (Å²) in [5.74, 6) is -1.11. The largest absolute Gasteiger partial charge is 0.481 e. The van der Waals surface area contributed by atoms with Gasteiger partial charge in [-0.15, -0.1) is 0 Å². The zero-order valence-corrected chi connectivity index (χ0v) is 12.9. The molecular formula is C14H12N2O4S2. The molecule has 0 radical (unpaired) electrons. The molecule has 114 valence electrons. The summed E-state index contributed by atoms with van der Waals surface area (Å²) in [5.41, 5.74) is 0.806. The number of hydrogen-bond acceptors (Lipinski definition) is 5. The topological polar surface area (TPSA) is 107 Å². The summed E-state index contributed by atoms with van der Waals surface area (Å²) in [4.78, 5) is 10.9. The molecule has 2 rings (SSSR count). The molecule has 0 aliphatic rings. The summed E-state index contributed by atoms with van der Waals surface area (Å²) >= 11 is 1.35. The van der Waals surface area contributed by atoms with Crippen LogP contribution in [0.5, 0.6) is 0 Å². The number of nitriles is 1. The summed E-state index contributed by atoms with van der Waals surface area (Å²) < 4.78 is 27.1. The number of aliphatic carboxylic acids is 1. The van der Waals surface area contributed by atoms with Crippen LogP contribution < -0.4 is 4.72 Å². The Hall–Kier alpha value is -2.21. The molecule has 6 nitrogen and oxygen atoms in total. The molecule has 22 heavy (non-hydrogen) atoms. The normalized spacial score (nSPS) is 12.5. The number of thiophene rings is 1. The lowest BCUT2D eigenvalue weighted by atomic mass is 10.1. The lowest BCUT2D eigenvalue weighted by Crippen LogP contribution is -2.30. The predicted octanol–water partition coefficient (Wildman–Crippen LogP) is 2.11. The Morgan fingerprint density at radius 3 is 2.77 bits per heavy atom. The van der Waals surface area contributed by atoms with E-state index in [0.29, 0.717) is 5.56 Å². The molecule has 0 aliphatic carbocycles. The Morgan fingerprint density at radius 1 is 1.41 bits per heavy atom. The molecule has 1 unspecified atom stereocenters. The number of sulfonamides is 1. The van der Waals surface area contributed by atoms with Crippen molar-refractivity contribution in [2.24, 2.45) is 0 Å². The fourth-order valence-corrected chi connectivity index (χ4v) is 3.85. The van der Waals surface area contributed by atoms with Crippen LogP contribution in [0.4, 0.5) is 0 Å². The molecule has 1 atom stereocenters. The third-order valence-corrected chi connectivity index (χ3v) is 5.07. The molecular weight excluding hydrogens is 324 g/mol. The van der Waals surface area contributed by atoms with Crippen molar-refractivity contribution in [1.29, 1.82) is 5.26 Å². The van der Waals surface area contributed by atoms with E-state index in [0.717, 1.165) is 0 Å². The molecule has 0 fully saturated rings. The number of nitrogens with one attached hydrogen (secondary N) is 1. The third-order valence-electron chi connectivity index (χ3n) is 2.90. The van der Waals surface area contributed by atoms with Gasteiger partial charge in [0.2, 0.25) is 10.0 Å². The molecule has 0 saturated carbocycles. The monoisotopic (exact) mass is 336 g/mol. The van der Waals surface area contributed by atoms with Gasteiger partial charge in [0.1, 0.15) is 0 Å². The van der Waals surface area contributed by atoms with Crippen LogP contribution in [0.25, 0.3) is 0 Å². The Balaban J connectivity index is 2.31.